The first-order valence-electron chi connectivity index (χ1n) is 6.80. The molecule has 0 saturated heterocycles. The second kappa shape index (κ2) is 6.15. The van der Waals surface area contributed by atoms with Crippen molar-refractivity contribution in [3.8, 4) is 5.69 Å². The quantitative estimate of drug-likeness (QED) is 0.765. The van der Waals surface area contributed by atoms with Crippen LogP contribution in [0.4, 0.5) is 5.69 Å². The van der Waals surface area contributed by atoms with Crippen molar-refractivity contribution in [3.63, 3.8) is 0 Å². The molecule has 2 heterocycles. The largest absolute Gasteiger partial charge is 0.321 e. The molecule has 0 radical (unpaired) electrons. The number of hydrogen-bond acceptors (Lipinski definition) is 2. The molecule has 1 aromatic carbocycles. The summed E-state index contributed by atoms with van der Waals surface area (Å²) in [6.45, 7) is 1.98. The number of anilines is 1. The van der Waals surface area contributed by atoms with Crippen molar-refractivity contribution in [2.24, 2.45) is 0 Å². The smallest absolute Gasteiger partial charge is 0.272 e. The molecule has 2 aromatic heterocycles. The molecule has 1 amide bonds. The van der Waals surface area contributed by atoms with Crippen molar-refractivity contribution >= 4 is 27.5 Å². The SMILES string of the molecule is Cc1cc(NC(=O)c2cccn2-c2cccnc2)ccc1Br. The molecule has 4 nitrogen and oxygen atoms in total. The maximum Gasteiger partial charge on any atom is 0.272 e. The van der Waals surface area contributed by atoms with Gasteiger partial charge in [-0.1, -0.05) is 15.9 Å². The van der Waals surface area contributed by atoms with Crippen LogP contribution in [-0.4, -0.2) is 15.5 Å². The summed E-state index contributed by atoms with van der Waals surface area (Å²) in [5.74, 6) is -0.157. The van der Waals surface area contributed by atoms with E-state index in [4.69, 9.17) is 0 Å². The van der Waals surface area contributed by atoms with E-state index in [-0.39, 0.29) is 5.91 Å². The zero-order valence-corrected chi connectivity index (χ0v) is 13.5. The third-order valence-electron chi connectivity index (χ3n) is 3.32. The Morgan fingerprint density at radius 2 is 2.09 bits per heavy atom. The lowest BCUT2D eigenvalue weighted by atomic mass is 10.2. The van der Waals surface area contributed by atoms with Gasteiger partial charge in [-0.15, -0.1) is 0 Å². The topological polar surface area (TPSA) is 46.9 Å². The summed E-state index contributed by atoms with van der Waals surface area (Å²) in [7, 11) is 0. The van der Waals surface area contributed by atoms with Crippen LogP contribution >= 0.6 is 15.9 Å². The predicted molar refractivity (Wildman–Crippen MR) is 90.4 cm³/mol. The molecule has 0 unspecified atom stereocenters. The Labute approximate surface area is 136 Å². The number of halogens is 1. The third-order valence-corrected chi connectivity index (χ3v) is 4.21. The highest BCUT2D eigenvalue weighted by Crippen LogP contribution is 2.21. The number of amides is 1. The fraction of sp³-hybridized carbons (Fsp3) is 0.0588. The number of nitrogens with zero attached hydrogens (tertiary/aromatic N) is 2. The van der Waals surface area contributed by atoms with Gasteiger partial charge in [-0.2, -0.15) is 0 Å². The van der Waals surface area contributed by atoms with Gasteiger partial charge >= 0.3 is 0 Å². The highest BCUT2D eigenvalue weighted by molar-refractivity contribution is 9.10. The minimum Gasteiger partial charge on any atom is -0.321 e. The van der Waals surface area contributed by atoms with Crippen molar-refractivity contribution < 1.29 is 4.79 Å². The fourth-order valence-electron chi connectivity index (χ4n) is 2.20. The van der Waals surface area contributed by atoms with Crippen molar-refractivity contribution in [2.75, 3.05) is 5.32 Å². The van der Waals surface area contributed by atoms with E-state index < -0.39 is 0 Å². The number of carbonyl (C=O) groups excluding carboxylic acids is 1. The van der Waals surface area contributed by atoms with E-state index in [1.54, 1.807) is 18.5 Å². The van der Waals surface area contributed by atoms with Crippen molar-refractivity contribution in [1.29, 1.82) is 0 Å². The molecule has 3 aromatic rings. The van der Waals surface area contributed by atoms with E-state index in [0.29, 0.717) is 5.69 Å². The Hall–Kier alpha value is -2.40. The Morgan fingerprint density at radius 3 is 2.82 bits per heavy atom. The maximum absolute atomic E-state index is 12.5. The summed E-state index contributed by atoms with van der Waals surface area (Å²) < 4.78 is 2.83. The monoisotopic (exact) mass is 355 g/mol. The number of hydrogen-bond donors (Lipinski definition) is 1. The van der Waals surface area contributed by atoms with Crippen molar-refractivity contribution in [3.05, 3.63) is 76.8 Å². The highest BCUT2D eigenvalue weighted by Gasteiger charge is 2.12. The van der Waals surface area contributed by atoms with Gasteiger partial charge in [0.25, 0.3) is 5.91 Å². The van der Waals surface area contributed by atoms with Crippen LogP contribution < -0.4 is 5.32 Å². The third kappa shape index (κ3) is 2.94. The number of pyridine rings is 1. The Balaban J connectivity index is 1.87. The standard InChI is InChI=1S/C17H14BrN3O/c1-12-10-13(6-7-15(12)18)20-17(22)16-5-3-9-21(16)14-4-2-8-19-11-14/h2-11H,1H3,(H,20,22). The first kappa shape index (κ1) is 14.5. The normalized spacial score (nSPS) is 10.5. The molecule has 3 rings (SSSR count). The van der Waals surface area contributed by atoms with Crippen LogP contribution in [0, 0.1) is 6.92 Å². The molecular weight excluding hydrogens is 342 g/mol. The van der Waals surface area contributed by atoms with E-state index in [2.05, 4.69) is 26.2 Å². The van der Waals surface area contributed by atoms with E-state index in [9.17, 15) is 4.79 Å². The van der Waals surface area contributed by atoms with Crippen LogP contribution in [-0.2, 0) is 0 Å². The van der Waals surface area contributed by atoms with Crippen LogP contribution in [0.3, 0.4) is 0 Å². The summed E-state index contributed by atoms with van der Waals surface area (Å²) >= 11 is 3.45. The van der Waals surface area contributed by atoms with Gasteiger partial charge in [0, 0.05) is 22.6 Å². The minimum absolute atomic E-state index is 0.157. The predicted octanol–water partition coefficient (Wildman–Crippen LogP) is 4.20. The van der Waals surface area contributed by atoms with Gasteiger partial charge in [0.05, 0.1) is 11.9 Å². The highest BCUT2D eigenvalue weighted by atomic mass is 79.9. The lowest BCUT2D eigenvalue weighted by Gasteiger charge is -2.10. The Bertz CT molecular complexity index is 812. The van der Waals surface area contributed by atoms with E-state index in [1.807, 2.05) is 54.1 Å². The molecular formula is C17H14BrN3O. The summed E-state index contributed by atoms with van der Waals surface area (Å²) in [5.41, 5.74) is 3.25. The van der Waals surface area contributed by atoms with Gasteiger partial charge in [0.2, 0.25) is 0 Å². The molecule has 0 aliphatic heterocycles. The number of carbonyl (C=O) groups is 1. The molecule has 22 heavy (non-hydrogen) atoms. The Morgan fingerprint density at radius 1 is 1.23 bits per heavy atom. The number of aryl methyl sites for hydroxylation is 1. The van der Waals surface area contributed by atoms with Gasteiger partial charge < -0.3 is 9.88 Å². The zero-order valence-electron chi connectivity index (χ0n) is 12.0. The summed E-state index contributed by atoms with van der Waals surface area (Å²) in [6, 6.07) is 13.1. The minimum atomic E-state index is -0.157. The van der Waals surface area contributed by atoms with Gasteiger partial charge in [0.15, 0.2) is 0 Å². The van der Waals surface area contributed by atoms with Crippen LogP contribution in [0.15, 0.2) is 65.5 Å². The number of rotatable bonds is 3. The van der Waals surface area contributed by atoms with E-state index in [0.717, 1.165) is 21.4 Å². The maximum atomic E-state index is 12.5. The van der Waals surface area contributed by atoms with Gasteiger partial charge in [-0.05, 0) is 55.0 Å². The lowest BCUT2D eigenvalue weighted by molar-refractivity contribution is 0.102. The van der Waals surface area contributed by atoms with Crippen LogP contribution in [0.25, 0.3) is 5.69 Å². The zero-order chi connectivity index (χ0) is 15.5. The average molecular weight is 356 g/mol. The molecule has 1 N–H and O–H groups in total. The van der Waals surface area contributed by atoms with Crippen LogP contribution in [0.2, 0.25) is 0 Å². The van der Waals surface area contributed by atoms with Crippen LogP contribution in [0.1, 0.15) is 16.1 Å². The summed E-state index contributed by atoms with van der Waals surface area (Å²) in [6.07, 6.45) is 5.27. The molecule has 0 aliphatic carbocycles. The average Bonchev–Trinajstić information content (AvgIpc) is 3.01. The number of benzene rings is 1. The van der Waals surface area contributed by atoms with Crippen LogP contribution in [0.5, 0.6) is 0 Å². The molecule has 0 bridgehead atoms. The Kier molecular flexibility index (Phi) is 4.06. The van der Waals surface area contributed by atoms with Gasteiger partial charge in [0.1, 0.15) is 5.69 Å². The summed E-state index contributed by atoms with van der Waals surface area (Å²) in [5, 5.41) is 2.92. The number of nitrogens with one attached hydrogen (secondary N) is 1. The molecule has 0 atom stereocenters. The molecule has 0 saturated carbocycles. The summed E-state index contributed by atoms with van der Waals surface area (Å²) in [4.78, 5) is 16.6. The molecule has 0 fully saturated rings. The second-order valence-corrected chi connectivity index (χ2v) is 5.75. The van der Waals surface area contributed by atoms with E-state index in [1.165, 1.54) is 0 Å². The molecule has 0 aliphatic rings. The van der Waals surface area contributed by atoms with Crippen molar-refractivity contribution in [1.82, 2.24) is 9.55 Å². The first-order valence-corrected chi connectivity index (χ1v) is 7.60. The molecule has 5 heteroatoms. The molecule has 0 spiro atoms. The van der Waals surface area contributed by atoms with E-state index >= 15 is 0 Å². The first-order chi connectivity index (χ1) is 10.6. The molecule has 110 valence electrons. The van der Waals surface area contributed by atoms with Crippen molar-refractivity contribution in [2.45, 2.75) is 6.92 Å². The lowest BCUT2D eigenvalue weighted by Crippen LogP contribution is -2.16. The van der Waals surface area contributed by atoms with Gasteiger partial charge in [-0.25, -0.2) is 0 Å². The second-order valence-electron chi connectivity index (χ2n) is 4.89. The fourth-order valence-corrected chi connectivity index (χ4v) is 2.45. The van der Waals surface area contributed by atoms with Gasteiger partial charge in [-0.3, -0.25) is 9.78 Å². The number of aromatic nitrogens is 2.